The van der Waals surface area contributed by atoms with Crippen molar-refractivity contribution in [3.05, 3.63) is 35.4 Å². The number of carbonyl (C=O) groups is 3. The van der Waals surface area contributed by atoms with Gasteiger partial charge in [0.1, 0.15) is 0 Å². The summed E-state index contributed by atoms with van der Waals surface area (Å²) in [5.74, 6) is -0.503. The van der Waals surface area contributed by atoms with Gasteiger partial charge in [-0.25, -0.2) is 9.59 Å². The first-order valence-corrected chi connectivity index (χ1v) is 8.78. The van der Waals surface area contributed by atoms with E-state index in [0.29, 0.717) is 12.0 Å². The predicted octanol–water partition coefficient (Wildman–Crippen LogP) is 3.75. The fraction of sp³-hybridized carbons (Fsp3) is 0.526. The molecule has 0 aromatic heterocycles. The molecule has 1 atom stereocenters. The zero-order valence-electron chi connectivity index (χ0n) is 16.1. The van der Waals surface area contributed by atoms with Gasteiger partial charge >= 0.3 is 12.2 Å². The number of carbonyl (C=O) groups excluding carboxylic acids is 3. The number of nitrogens with zero attached hydrogens (tertiary/aromatic N) is 2. The summed E-state index contributed by atoms with van der Waals surface area (Å²) in [4.78, 5) is 38.1. The number of imide groups is 1. The molecule has 0 saturated carbocycles. The third-order valence-electron chi connectivity index (χ3n) is 4.13. The van der Waals surface area contributed by atoms with Crippen LogP contribution in [0.2, 0.25) is 0 Å². The van der Waals surface area contributed by atoms with E-state index in [4.69, 9.17) is 9.47 Å². The van der Waals surface area contributed by atoms with Crippen LogP contribution in [-0.2, 0) is 19.8 Å². The Hall–Kier alpha value is -2.57. The monoisotopic (exact) mass is 362 g/mol. The van der Waals surface area contributed by atoms with Crippen molar-refractivity contribution >= 4 is 18.1 Å². The highest BCUT2D eigenvalue weighted by Gasteiger charge is 2.65. The Kier molecular flexibility index (Phi) is 5.59. The second-order valence-electron chi connectivity index (χ2n) is 6.88. The minimum absolute atomic E-state index is 0.300. The molecule has 3 amide bonds. The first-order chi connectivity index (χ1) is 12.1. The van der Waals surface area contributed by atoms with E-state index in [9.17, 15) is 14.4 Å². The minimum atomic E-state index is -1.28. The maximum atomic E-state index is 13.0. The van der Waals surface area contributed by atoms with E-state index in [1.165, 1.54) is 0 Å². The average Bonchev–Trinajstić information content (AvgIpc) is 2.51. The normalized spacial score (nSPS) is 19.6. The van der Waals surface area contributed by atoms with Crippen LogP contribution in [0.3, 0.4) is 0 Å². The van der Waals surface area contributed by atoms with Crippen LogP contribution in [0.4, 0.5) is 9.59 Å². The van der Waals surface area contributed by atoms with Crippen LogP contribution in [0.1, 0.15) is 52.2 Å². The fourth-order valence-electron chi connectivity index (χ4n) is 3.04. The molecule has 0 aliphatic carbocycles. The maximum absolute atomic E-state index is 13.0. The van der Waals surface area contributed by atoms with Gasteiger partial charge in [-0.1, -0.05) is 36.8 Å². The molecule has 0 N–H and O–H groups in total. The summed E-state index contributed by atoms with van der Waals surface area (Å²) < 4.78 is 10.4. The van der Waals surface area contributed by atoms with Crippen LogP contribution in [0, 0.1) is 6.92 Å². The van der Waals surface area contributed by atoms with E-state index in [0.717, 1.165) is 15.6 Å². The molecular formula is C19H26N2O5. The third-order valence-corrected chi connectivity index (χ3v) is 4.13. The highest BCUT2D eigenvalue weighted by atomic mass is 16.6. The van der Waals surface area contributed by atoms with Crippen molar-refractivity contribution < 1.29 is 23.9 Å². The second-order valence-corrected chi connectivity index (χ2v) is 6.88. The van der Waals surface area contributed by atoms with Gasteiger partial charge in [-0.2, -0.15) is 5.01 Å². The molecule has 0 bridgehead atoms. The molecule has 0 radical (unpaired) electrons. The summed E-state index contributed by atoms with van der Waals surface area (Å²) in [5, 5.41) is 1.81. The first-order valence-electron chi connectivity index (χ1n) is 8.78. The molecule has 1 heterocycles. The first kappa shape index (κ1) is 19.8. The second kappa shape index (κ2) is 7.35. The van der Waals surface area contributed by atoms with Crippen molar-refractivity contribution in [2.24, 2.45) is 0 Å². The van der Waals surface area contributed by atoms with Crippen LogP contribution >= 0.6 is 0 Å². The molecule has 7 nitrogen and oxygen atoms in total. The van der Waals surface area contributed by atoms with Crippen molar-refractivity contribution in [2.45, 2.75) is 65.7 Å². The standard InChI is InChI=1S/C19H26N2O5/c1-7-19(15-10-8-9-14(6)11-15)16(22)20(17(23)25-12(2)3)21(19)18(24)26-13(4)5/h8-13H,7H2,1-6H3. The average molecular weight is 362 g/mol. The quantitative estimate of drug-likeness (QED) is 0.815. The van der Waals surface area contributed by atoms with E-state index in [1.807, 2.05) is 25.1 Å². The number of amides is 3. The molecule has 1 saturated heterocycles. The Morgan fingerprint density at radius 1 is 1.08 bits per heavy atom. The number of aryl methyl sites for hydroxylation is 1. The Morgan fingerprint density at radius 3 is 2.15 bits per heavy atom. The Balaban J connectivity index is 2.50. The van der Waals surface area contributed by atoms with Crippen LogP contribution in [0.25, 0.3) is 0 Å². The third kappa shape index (κ3) is 3.25. The largest absolute Gasteiger partial charge is 0.445 e. The predicted molar refractivity (Wildman–Crippen MR) is 95.1 cm³/mol. The number of hydrogen-bond acceptors (Lipinski definition) is 5. The molecule has 26 heavy (non-hydrogen) atoms. The van der Waals surface area contributed by atoms with Crippen LogP contribution in [0.15, 0.2) is 24.3 Å². The summed E-state index contributed by atoms with van der Waals surface area (Å²) in [7, 11) is 0. The number of benzene rings is 1. The number of hydrogen-bond donors (Lipinski definition) is 0. The molecule has 0 spiro atoms. The van der Waals surface area contributed by atoms with E-state index < -0.39 is 35.8 Å². The Morgan fingerprint density at radius 2 is 1.65 bits per heavy atom. The van der Waals surface area contributed by atoms with Gasteiger partial charge in [0.15, 0.2) is 5.54 Å². The summed E-state index contributed by atoms with van der Waals surface area (Å²) in [6.45, 7) is 10.4. The molecule has 1 aromatic rings. The van der Waals surface area contributed by atoms with Crippen molar-refractivity contribution in [3.8, 4) is 0 Å². The lowest BCUT2D eigenvalue weighted by molar-refractivity contribution is -0.204. The summed E-state index contributed by atoms with van der Waals surface area (Å²) in [6, 6.07) is 7.32. The molecule has 1 aliphatic rings. The lowest BCUT2D eigenvalue weighted by Crippen LogP contribution is -2.78. The van der Waals surface area contributed by atoms with Crippen molar-refractivity contribution in [1.29, 1.82) is 0 Å². The molecule has 1 aliphatic heterocycles. The van der Waals surface area contributed by atoms with E-state index in [2.05, 4.69) is 0 Å². The highest BCUT2D eigenvalue weighted by Crippen LogP contribution is 2.45. The van der Waals surface area contributed by atoms with Gasteiger partial charge in [-0.15, -0.1) is 5.01 Å². The summed E-state index contributed by atoms with van der Waals surface area (Å²) in [5.41, 5.74) is 0.302. The molecule has 1 unspecified atom stereocenters. The topological polar surface area (TPSA) is 76.2 Å². The maximum Gasteiger partial charge on any atom is 0.436 e. The van der Waals surface area contributed by atoms with Gasteiger partial charge in [0.05, 0.1) is 12.2 Å². The molecule has 142 valence electrons. The number of ether oxygens (including phenoxy) is 2. The SMILES string of the molecule is CCC1(c2cccc(C)c2)C(=O)N(C(=O)OC(C)C)N1C(=O)OC(C)C. The van der Waals surface area contributed by atoms with Crippen LogP contribution in [-0.4, -0.2) is 40.3 Å². The van der Waals surface area contributed by atoms with Crippen molar-refractivity contribution in [2.75, 3.05) is 0 Å². The van der Waals surface area contributed by atoms with E-state index >= 15 is 0 Å². The van der Waals surface area contributed by atoms with Gasteiger partial charge in [-0.05, 0) is 46.6 Å². The van der Waals surface area contributed by atoms with Gasteiger partial charge < -0.3 is 9.47 Å². The summed E-state index contributed by atoms with van der Waals surface area (Å²) >= 11 is 0. The zero-order chi connectivity index (χ0) is 19.6. The van der Waals surface area contributed by atoms with Gasteiger partial charge in [0.25, 0.3) is 5.91 Å². The zero-order valence-corrected chi connectivity index (χ0v) is 16.1. The van der Waals surface area contributed by atoms with Gasteiger partial charge in [0, 0.05) is 0 Å². The Bertz CT molecular complexity index is 716. The molecule has 1 aromatic carbocycles. The lowest BCUT2D eigenvalue weighted by atomic mass is 9.81. The van der Waals surface area contributed by atoms with Crippen LogP contribution in [0.5, 0.6) is 0 Å². The van der Waals surface area contributed by atoms with Gasteiger partial charge in [-0.3, -0.25) is 4.79 Å². The van der Waals surface area contributed by atoms with Crippen LogP contribution < -0.4 is 0 Å². The molecule has 7 heteroatoms. The Labute approximate surface area is 153 Å². The number of rotatable bonds is 4. The van der Waals surface area contributed by atoms with E-state index in [1.54, 1.807) is 40.7 Å². The molecule has 1 fully saturated rings. The van der Waals surface area contributed by atoms with Crippen molar-refractivity contribution in [1.82, 2.24) is 10.0 Å². The fourth-order valence-corrected chi connectivity index (χ4v) is 3.04. The summed E-state index contributed by atoms with van der Waals surface area (Å²) in [6.07, 6.45) is -2.17. The van der Waals surface area contributed by atoms with Gasteiger partial charge in [0.2, 0.25) is 0 Å². The molecule has 2 rings (SSSR count). The highest BCUT2D eigenvalue weighted by molar-refractivity contribution is 6.06. The van der Waals surface area contributed by atoms with E-state index in [-0.39, 0.29) is 0 Å². The van der Waals surface area contributed by atoms with Crippen molar-refractivity contribution in [3.63, 3.8) is 0 Å². The smallest absolute Gasteiger partial charge is 0.436 e. The molecular weight excluding hydrogens is 336 g/mol. The number of hydrazine groups is 1. The lowest BCUT2D eigenvalue weighted by Gasteiger charge is -2.55. The minimum Gasteiger partial charge on any atom is -0.445 e.